The van der Waals surface area contributed by atoms with E-state index in [1.165, 1.54) is 5.56 Å². The summed E-state index contributed by atoms with van der Waals surface area (Å²) in [6, 6.07) is 8.07. The lowest BCUT2D eigenvalue weighted by molar-refractivity contribution is -0.122. The molecule has 1 aromatic carbocycles. The number of hydrogen-bond donors (Lipinski definition) is 1. The van der Waals surface area contributed by atoms with Gasteiger partial charge in [-0.05, 0) is 37.8 Å². The second kappa shape index (κ2) is 6.89. The third kappa shape index (κ3) is 4.64. The van der Waals surface area contributed by atoms with Crippen molar-refractivity contribution in [3.8, 4) is 0 Å². The molecular weight excluding hydrogens is 248 g/mol. The second-order valence-corrected chi connectivity index (χ2v) is 6.62. The summed E-state index contributed by atoms with van der Waals surface area (Å²) < 4.78 is 0. The van der Waals surface area contributed by atoms with Crippen molar-refractivity contribution in [2.24, 2.45) is 17.1 Å². The van der Waals surface area contributed by atoms with Crippen LogP contribution in [0, 0.1) is 18.3 Å². The SMILES string of the molecule is CCN(C(=O)C(CN)CC(C)(C)C)c1ccc(C)cc1. The van der Waals surface area contributed by atoms with Crippen molar-refractivity contribution >= 4 is 11.6 Å². The minimum absolute atomic E-state index is 0.104. The van der Waals surface area contributed by atoms with E-state index in [0.29, 0.717) is 13.1 Å². The molecule has 0 aliphatic carbocycles. The molecule has 0 spiro atoms. The van der Waals surface area contributed by atoms with Gasteiger partial charge in [-0.3, -0.25) is 4.79 Å². The molecule has 0 saturated carbocycles. The van der Waals surface area contributed by atoms with Gasteiger partial charge in [0.05, 0.1) is 5.92 Å². The molecule has 0 aliphatic heterocycles. The van der Waals surface area contributed by atoms with Crippen LogP contribution >= 0.6 is 0 Å². The first-order valence-corrected chi connectivity index (χ1v) is 7.36. The lowest BCUT2D eigenvalue weighted by Crippen LogP contribution is -2.40. The molecule has 3 nitrogen and oxygen atoms in total. The Morgan fingerprint density at radius 3 is 2.20 bits per heavy atom. The second-order valence-electron chi connectivity index (χ2n) is 6.62. The molecule has 1 amide bonds. The Kier molecular flexibility index (Phi) is 5.75. The van der Waals surface area contributed by atoms with E-state index in [9.17, 15) is 4.79 Å². The van der Waals surface area contributed by atoms with E-state index < -0.39 is 0 Å². The number of anilines is 1. The van der Waals surface area contributed by atoms with Gasteiger partial charge in [0.15, 0.2) is 0 Å². The molecule has 1 atom stereocenters. The van der Waals surface area contributed by atoms with E-state index >= 15 is 0 Å². The molecule has 3 heteroatoms. The molecule has 0 radical (unpaired) electrons. The molecule has 1 rings (SSSR count). The normalized spacial score (nSPS) is 13.1. The number of carbonyl (C=O) groups excluding carboxylic acids is 1. The molecule has 0 fully saturated rings. The summed E-state index contributed by atoms with van der Waals surface area (Å²) in [5, 5.41) is 0. The minimum atomic E-state index is -0.115. The molecule has 20 heavy (non-hydrogen) atoms. The van der Waals surface area contributed by atoms with Crippen molar-refractivity contribution < 1.29 is 4.79 Å². The number of nitrogens with two attached hydrogens (primary N) is 1. The third-order valence-electron chi connectivity index (χ3n) is 3.42. The van der Waals surface area contributed by atoms with Crippen LogP contribution < -0.4 is 10.6 Å². The van der Waals surface area contributed by atoms with E-state index in [-0.39, 0.29) is 17.2 Å². The molecule has 1 aromatic rings. The average Bonchev–Trinajstić information content (AvgIpc) is 2.37. The van der Waals surface area contributed by atoms with Crippen LogP contribution in [0.3, 0.4) is 0 Å². The van der Waals surface area contributed by atoms with Gasteiger partial charge in [-0.15, -0.1) is 0 Å². The fourth-order valence-corrected chi connectivity index (χ4v) is 2.42. The minimum Gasteiger partial charge on any atom is -0.330 e. The largest absolute Gasteiger partial charge is 0.330 e. The van der Waals surface area contributed by atoms with Gasteiger partial charge in [0.1, 0.15) is 0 Å². The van der Waals surface area contributed by atoms with Gasteiger partial charge in [-0.2, -0.15) is 0 Å². The van der Waals surface area contributed by atoms with E-state index in [0.717, 1.165) is 12.1 Å². The Bertz CT molecular complexity index is 431. The highest BCUT2D eigenvalue weighted by atomic mass is 16.2. The van der Waals surface area contributed by atoms with Gasteiger partial charge in [0, 0.05) is 18.8 Å². The topological polar surface area (TPSA) is 46.3 Å². The lowest BCUT2D eigenvalue weighted by Gasteiger charge is -2.29. The van der Waals surface area contributed by atoms with E-state index in [1.807, 2.05) is 43.0 Å². The first-order chi connectivity index (χ1) is 9.28. The van der Waals surface area contributed by atoms with Gasteiger partial charge >= 0.3 is 0 Å². The summed E-state index contributed by atoms with van der Waals surface area (Å²) in [6.45, 7) is 11.6. The number of rotatable bonds is 5. The number of hydrogen-bond acceptors (Lipinski definition) is 2. The average molecular weight is 276 g/mol. The van der Waals surface area contributed by atoms with Crippen LogP contribution in [0.1, 0.15) is 39.7 Å². The Labute approximate surface area is 123 Å². The third-order valence-corrected chi connectivity index (χ3v) is 3.42. The molecule has 2 N–H and O–H groups in total. The van der Waals surface area contributed by atoms with Crippen molar-refractivity contribution in [2.45, 2.75) is 41.0 Å². The highest BCUT2D eigenvalue weighted by molar-refractivity contribution is 5.95. The van der Waals surface area contributed by atoms with Crippen LogP contribution in [0.25, 0.3) is 0 Å². The standard InChI is InChI=1S/C17H28N2O/c1-6-19(15-9-7-13(2)8-10-15)16(20)14(12-18)11-17(3,4)5/h7-10,14H,6,11-12,18H2,1-5H3. The van der Waals surface area contributed by atoms with E-state index in [2.05, 4.69) is 20.8 Å². The van der Waals surface area contributed by atoms with Crippen molar-refractivity contribution in [2.75, 3.05) is 18.0 Å². The zero-order chi connectivity index (χ0) is 15.3. The number of aryl methyl sites for hydroxylation is 1. The van der Waals surface area contributed by atoms with Crippen LogP contribution in [0.5, 0.6) is 0 Å². The van der Waals surface area contributed by atoms with Crippen molar-refractivity contribution in [1.29, 1.82) is 0 Å². The number of benzene rings is 1. The predicted octanol–water partition coefficient (Wildman–Crippen LogP) is 3.36. The maximum atomic E-state index is 12.7. The Morgan fingerprint density at radius 2 is 1.80 bits per heavy atom. The van der Waals surface area contributed by atoms with Gasteiger partial charge < -0.3 is 10.6 Å². The van der Waals surface area contributed by atoms with Gasteiger partial charge in [0.25, 0.3) is 0 Å². The smallest absolute Gasteiger partial charge is 0.231 e. The maximum Gasteiger partial charge on any atom is 0.231 e. The van der Waals surface area contributed by atoms with Crippen LogP contribution in [0.15, 0.2) is 24.3 Å². The Balaban J connectivity index is 2.92. The fourth-order valence-electron chi connectivity index (χ4n) is 2.42. The first-order valence-electron chi connectivity index (χ1n) is 7.36. The van der Waals surface area contributed by atoms with E-state index in [1.54, 1.807) is 0 Å². The van der Waals surface area contributed by atoms with E-state index in [4.69, 9.17) is 5.73 Å². The van der Waals surface area contributed by atoms with Crippen LogP contribution in [-0.2, 0) is 4.79 Å². The molecule has 0 saturated heterocycles. The summed E-state index contributed by atoms with van der Waals surface area (Å²) in [4.78, 5) is 14.6. The number of nitrogens with zero attached hydrogens (tertiary/aromatic N) is 1. The summed E-state index contributed by atoms with van der Waals surface area (Å²) >= 11 is 0. The summed E-state index contributed by atoms with van der Waals surface area (Å²) in [7, 11) is 0. The lowest BCUT2D eigenvalue weighted by atomic mass is 9.84. The molecule has 0 heterocycles. The maximum absolute atomic E-state index is 12.7. The Morgan fingerprint density at radius 1 is 1.25 bits per heavy atom. The predicted molar refractivity (Wildman–Crippen MR) is 85.8 cm³/mol. The zero-order valence-electron chi connectivity index (χ0n) is 13.4. The molecule has 0 aliphatic rings. The molecule has 0 bridgehead atoms. The van der Waals surface area contributed by atoms with Crippen LogP contribution in [0.4, 0.5) is 5.69 Å². The van der Waals surface area contributed by atoms with Crippen LogP contribution in [-0.4, -0.2) is 19.0 Å². The molecular formula is C17H28N2O. The number of amides is 1. The molecule has 112 valence electrons. The molecule has 1 unspecified atom stereocenters. The fraction of sp³-hybridized carbons (Fsp3) is 0.588. The zero-order valence-corrected chi connectivity index (χ0v) is 13.4. The summed E-state index contributed by atoms with van der Waals surface area (Å²) in [5.74, 6) is 0.0185. The number of carbonyl (C=O) groups is 1. The van der Waals surface area contributed by atoms with Gasteiger partial charge in [-0.25, -0.2) is 0 Å². The van der Waals surface area contributed by atoms with Crippen molar-refractivity contribution in [3.63, 3.8) is 0 Å². The summed E-state index contributed by atoms with van der Waals surface area (Å²) in [6.07, 6.45) is 0.810. The highest BCUT2D eigenvalue weighted by Gasteiger charge is 2.27. The van der Waals surface area contributed by atoms with Crippen LogP contribution in [0.2, 0.25) is 0 Å². The quantitative estimate of drug-likeness (QED) is 0.896. The highest BCUT2D eigenvalue weighted by Crippen LogP contribution is 2.26. The molecule has 0 aromatic heterocycles. The summed E-state index contributed by atoms with van der Waals surface area (Å²) in [5.41, 5.74) is 8.08. The van der Waals surface area contributed by atoms with Crippen molar-refractivity contribution in [3.05, 3.63) is 29.8 Å². The first kappa shape index (κ1) is 16.7. The monoisotopic (exact) mass is 276 g/mol. The van der Waals surface area contributed by atoms with Crippen molar-refractivity contribution in [1.82, 2.24) is 0 Å². The van der Waals surface area contributed by atoms with Gasteiger partial charge in [0.2, 0.25) is 5.91 Å². The van der Waals surface area contributed by atoms with Gasteiger partial charge in [-0.1, -0.05) is 38.5 Å². The Hall–Kier alpha value is -1.35.